The van der Waals surface area contributed by atoms with Crippen LogP contribution < -0.4 is 15.5 Å². The highest BCUT2D eigenvalue weighted by Crippen LogP contribution is 2.47. The average Bonchev–Trinajstić information content (AvgIpc) is 3.80. The van der Waals surface area contributed by atoms with Crippen LogP contribution in [-0.4, -0.2) is 57.9 Å². The van der Waals surface area contributed by atoms with Gasteiger partial charge in [-0.15, -0.1) is 0 Å². The zero-order chi connectivity index (χ0) is 31.7. The van der Waals surface area contributed by atoms with Crippen LogP contribution in [0.5, 0.6) is 11.6 Å². The number of pyridine rings is 2. The number of aromatic nitrogens is 2. The van der Waals surface area contributed by atoms with E-state index in [9.17, 15) is 15.2 Å². The molecule has 0 amide bonds. The van der Waals surface area contributed by atoms with Gasteiger partial charge in [-0.3, -0.25) is 9.69 Å². The highest BCUT2D eigenvalue weighted by atomic mass is 19.1. The fourth-order valence-electron chi connectivity index (χ4n) is 8.34. The summed E-state index contributed by atoms with van der Waals surface area (Å²) in [6.45, 7) is 3.86. The van der Waals surface area contributed by atoms with Crippen LogP contribution in [0, 0.1) is 23.1 Å². The van der Waals surface area contributed by atoms with Crippen molar-refractivity contribution in [2.45, 2.75) is 63.3 Å². The second-order valence-corrected chi connectivity index (χ2v) is 13.2. The molecule has 3 saturated heterocycles. The number of rotatable bonds is 7. The van der Waals surface area contributed by atoms with Gasteiger partial charge in [0.25, 0.3) is 0 Å². The molecule has 2 bridgehead atoms. The molecule has 4 aliphatic rings. The lowest BCUT2D eigenvalue weighted by atomic mass is 9.79. The number of aromatic hydroxyl groups is 1. The molecule has 8 nitrogen and oxygen atoms in total. The Balaban J connectivity index is 1.45. The molecule has 5 atom stereocenters. The maximum absolute atomic E-state index is 17.4. The normalized spacial score (nSPS) is 23.2. The van der Waals surface area contributed by atoms with Crippen LogP contribution in [0.1, 0.15) is 44.2 Å². The van der Waals surface area contributed by atoms with Crippen molar-refractivity contribution >= 4 is 32.6 Å². The summed E-state index contributed by atoms with van der Waals surface area (Å²) in [5.74, 6) is 0.0159. The summed E-state index contributed by atoms with van der Waals surface area (Å²) >= 11 is 0. The Hall–Kier alpha value is -4.52. The monoisotopic (exact) mass is 617 g/mol. The Morgan fingerprint density at radius 1 is 1.22 bits per heavy atom. The quantitative estimate of drug-likeness (QED) is 0.214. The van der Waals surface area contributed by atoms with E-state index in [1.54, 1.807) is 18.2 Å². The summed E-state index contributed by atoms with van der Waals surface area (Å²) in [5.41, 5.74) is 1.96. The number of phenolic OH excluding ortho intramolecular Hbond substituents is 1. The topological polar surface area (TPSA) is 103 Å². The zero-order valence-corrected chi connectivity index (χ0v) is 26.0. The van der Waals surface area contributed by atoms with Gasteiger partial charge < -0.3 is 19.7 Å². The maximum Gasteiger partial charge on any atom is 0.227 e. The minimum absolute atomic E-state index is 0.0197. The summed E-state index contributed by atoms with van der Waals surface area (Å²) in [6, 6.07) is 17.0. The molecule has 1 saturated carbocycles. The molecule has 2 N–H and O–H groups in total. The van der Waals surface area contributed by atoms with E-state index in [0.29, 0.717) is 45.3 Å². The highest BCUT2D eigenvalue weighted by Gasteiger charge is 2.48. The summed E-state index contributed by atoms with van der Waals surface area (Å²) in [5, 5.41) is 26.3. The molecule has 234 valence electrons. The van der Waals surface area contributed by atoms with Gasteiger partial charge in [0.2, 0.25) is 5.88 Å². The van der Waals surface area contributed by atoms with Crippen molar-refractivity contribution in [3.8, 4) is 28.8 Å². The molecule has 46 heavy (non-hydrogen) atoms. The predicted octanol–water partition coefficient (Wildman–Crippen LogP) is 6.07. The number of likely N-dealkylation sites (N-methyl/N-ethyl adjacent to an activating group) is 1. The van der Waals surface area contributed by atoms with Crippen molar-refractivity contribution in [1.82, 2.24) is 19.8 Å². The molecule has 2 aromatic heterocycles. The fourth-order valence-corrected chi connectivity index (χ4v) is 8.34. The molecule has 0 radical (unpaired) electrons. The molecule has 4 fully saturated rings. The highest BCUT2D eigenvalue weighted by molar-refractivity contribution is 6.09. The smallest absolute Gasteiger partial charge is 0.227 e. The maximum atomic E-state index is 17.4. The van der Waals surface area contributed by atoms with E-state index in [-0.39, 0.29) is 53.2 Å². The van der Waals surface area contributed by atoms with Gasteiger partial charge in [0, 0.05) is 48.3 Å². The SMILES string of the molecule is C[C@H](Oc1nc2c(F)c(-c3cc(O)cc4ccccc34)c(CCC#N)cc2c2c1c(=O)ccn2[C@H]1[C@H]2CN[C@@H]1C2)[C@@H]1CCCN1C. The van der Waals surface area contributed by atoms with E-state index < -0.39 is 5.82 Å². The Kier molecular flexibility index (Phi) is 6.96. The number of aryl methyl sites for hydroxylation is 1. The summed E-state index contributed by atoms with van der Waals surface area (Å²) in [7, 11) is 2.07. The van der Waals surface area contributed by atoms with Gasteiger partial charge in [-0.25, -0.2) is 9.37 Å². The third kappa shape index (κ3) is 4.46. The number of fused-ring (bicyclic) bond motifs is 5. The third-order valence-electron chi connectivity index (χ3n) is 10.6. The predicted molar refractivity (Wildman–Crippen MR) is 177 cm³/mol. The number of phenols is 1. The van der Waals surface area contributed by atoms with Crippen molar-refractivity contribution in [3.05, 3.63) is 76.3 Å². The first-order chi connectivity index (χ1) is 22.3. The largest absolute Gasteiger partial charge is 0.508 e. The molecule has 1 aliphatic carbocycles. The summed E-state index contributed by atoms with van der Waals surface area (Å²) < 4.78 is 26.1. The summed E-state index contributed by atoms with van der Waals surface area (Å²) in [6.07, 6.45) is 5.12. The molecule has 5 aromatic rings. The Bertz CT molecular complexity index is 2120. The molecule has 3 aromatic carbocycles. The Labute approximate surface area is 266 Å². The Morgan fingerprint density at radius 3 is 2.80 bits per heavy atom. The van der Waals surface area contributed by atoms with Gasteiger partial charge in [-0.05, 0) is 92.2 Å². The number of hydrogen-bond donors (Lipinski definition) is 2. The van der Waals surface area contributed by atoms with Crippen LogP contribution in [0.25, 0.3) is 43.7 Å². The average molecular weight is 618 g/mol. The van der Waals surface area contributed by atoms with Gasteiger partial charge in [0.05, 0.1) is 17.6 Å². The van der Waals surface area contributed by atoms with E-state index in [1.807, 2.05) is 43.5 Å². The minimum atomic E-state index is -0.559. The van der Waals surface area contributed by atoms with E-state index >= 15 is 4.39 Å². The van der Waals surface area contributed by atoms with Crippen molar-refractivity contribution < 1.29 is 14.2 Å². The first-order valence-corrected chi connectivity index (χ1v) is 16.2. The van der Waals surface area contributed by atoms with Crippen molar-refractivity contribution in [1.29, 1.82) is 5.26 Å². The van der Waals surface area contributed by atoms with Crippen molar-refractivity contribution in [2.75, 3.05) is 20.1 Å². The van der Waals surface area contributed by atoms with E-state index in [4.69, 9.17) is 9.72 Å². The van der Waals surface area contributed by atoms with Gasteiger partial charge in [0.1, 0.15) is 22.8 Å². The van der Waals surface area contributed by atoms with Crippen LogP contribution in [-0.2, 0) is 6.42 Å². The first kappa shape index (κ1) is 28.9. The molecule has 0 unspecified atom stereocenters. The lowest BCUT2D eigenvalue weighted by molar-refractivity contribution is 0.119. The number of halogens is 1. The van der Waals surface area contributed by atoms with Crippen LogP contribution in [0.4, 0.5) is 4.39 Å². The number of nitrogens with one attached hydrogen (secondary N) is 1. The first-order valence-electron chi connectivity index (χ1n) is 16.2. The van der Waals surface area contributed by atoms with Gasteiger partial charge in [-0.1, -0.05) is 24.3 Å². The van der Waals surface area contributed by atoms with Crippen molar-refractivity contribution in [3.63, 3.8) is 0 Å². The second-order valence-electron chi connectivity index (χ2n) is 13.2. The van der Waals surface area contributed by atoms with Crippen LogP contribution in [0.3, 0.4) is 0 Å². The van der Waals surface area contributed by atoms with Gasteiger partial charge in [0.15, 0.2) is 11.2 Å². The molecular weight excluding hydrogens is 581 g/mol. The fraction of sp³-hybridized carbons (Fsp3) is 0.378. The molecule has 3 aliphatic heterocycles. The van der Waals surface area contributed by atoms with Gasteiger partial charge in [-0.2, -0.15) is 5.26 Å². The molecule has 9 heteroatoms. The molecule has 9 rings (SSSR count). The zero-order valence-electron chi connectivity index (χ0n) is 26.0. The minimum Gasteiger partial charge on any atom is -0.508 e. The third-order valence-corrected chi connectivity index (χ3v) is 10.6. The van der Waals surface area contributed by atoms with E-state index in [2.05, 4.69) is 27.9 Å². The van der Waals surface area contributed by atoms with Crippen LogP contribution >= 0.6 is 0 Å². The number of nitrogens with zero attached hydrogens (tertiary/aromatic N) is 4. The number of hydrogen-bond acceptors (Lipinski definition) is 7. The molecule has 5 heterocycles. The van der Waals surface area contributed by atoms with Crippen molar-refractivity contribution in [2.24, 2.45) is 5.92 Å². The number of likely N-dealkylation sites (tertiary alicyclic amines) is 1. The van der Waals surface area contributed by atoms with E-state index in [1.165, 1.54) is 0 Å². The lowest BCUT2D eigenvalue weighted by Gasteiger charge is -2.37. The summed E-state index contributed by atoms with van der Waals surface area (Å²) in [4.78, 5) is 20.9. The lowest BCUT2D eigenvalue weighted by Crippen LogP contribution is -2.39. The molecule has 0 spiro atoms. The van der Waals surface area contributed by atoms with E-state index in [0.717, 1.165) is 43.1 Å². The number of ether oxygens (including phenoxy) is 1. The van der Waals surface area contributed by atoms with Crippen LogP contribution in [0.15, 0.2) is 59.5 Å². The van der Waals surface area contributed by atoms with Gasteiger partial charge >= 0.3 is 0 Å². The standard InChI is InChI=1S/C37H36FN5O3/c1-20(29-10-6-13-42(29)2)46-37-32-30(45)11-14-43(35-23-17-28(35)40-19-23)36(32)27-16-22(8-5-12-39)31(33(38)34(27)41-37)26-18-24(44)15-21-7-3-4-9-25(21)26/h3-4,7,9,11,14-16,18,20,23,28-29,35,40,44H,5-6,8,10,13,17,19H2,1-2H3/t20-,23+,28+,29-,35-/m0/s1. The second kappa shape index (κ2) is 11.1. The molecular formula is C37H36FN5O3. The Morgan fingerprint density at radius 2 is 2.07 bits per heavy atom. The van der Waals surface area contributed by atoms with Crippen LogP contribution in [0.2, 0.25) is 0 Å². The number of benzene rings is 3. The number of nitriles is 1.